The zero-order valence-corrected chi connectivity index (χ0v) is 9.27. The van der Waals surface area contributed by atoms with Gasteiger partial charge in [-0.1, -0.05) is 0 Å². The van der Waals surface area contributed by atoms with Gasteiger partial charge in [0.25, 0.3) is 0 Å². The molecule has 0 saturated heterocycles. The number of anilines is 1. The lowest BCUT2D eigenvalue weighted by Crippen LogP contribution is -2.06. The van der Waals surface area contributed by atoms with E-state index in [1.54, 1.807) is 12.1 Å². The van der Waals surface area contributed by atoms with E-state index in [-0.39, 0.29) is 26.4 Å². The lowest BCUT2D eigenvalue weighted by atomic mass is 10.2. The predicted molar refractivity (Wildman–Crippen MR) is 60.8 cm³/mol. The molecule has 0 aliphatic heterocycles. The summed E-state index contributed by atoms with van der Waals surface area (Å²) in [5.74, 6) is 1.10. The van der Waals surface area contributed by atoms with Gasteiger partial charge in [0.1, 0.15) is 24.7 Å². The highest BCUT2D eigenvalue weighted by molar-refractivity contribution is 5.58. The number of aliphatic hydroxyl groups is 2. The third kappa shape index (κ3) is 3.29. The molecule has 16 heavy (non-hydrogen) atoms. The summed E-state index contributed by atoms with van der Waals surface area (Å²) < 4.78 is 10.6. The van der Waals surface area contributed by atoms with Gasteiger partial charge in [0, 0.05) is 6.07 Å². The molecule has 5 nitrogen and oxygen atoms in total. The van der Waals surface area contributed by atoms with Crippen LogP contribution in [0.1, 0.15) is 5.56 Å². The van der Waals surface area contributed by atoms with Crippen LogP contribution in [0.5, 0.6) is 11.5 Å². The fraction of sp³-hybridized carbons (Fsp3) is 0.455. The normalized spacial score (nSPS) is 10.2. The van der Waals surface area contributed by atoms with Crippen LogP contribution in [0.25, 0.3) is 0 Å². The Morgan fingerprint density at radius 3 is 2.19 bits per heavy atom. The monoisotopic (exact) mass is 227 g/mol. The largest absolute Gasteiger partial charge is 0.491 e. The molecule has 0 saturated carbocycles. The van der Waals surface area contributed by atoms with Crippen molar-refractivity contribution in [3.05, 3.63) is 17.7 Å². The van der Waals surface area contributed by atoms with Gasteiger partial charge in [0.05, 0.1) is 18.9 Å². The minimum atomic E-state index is -0.0693. The standard InChI is InChI=1S/C11H17NO4/c1-8-6-9(12)11(16-5-3-14)7-10(8)15-4-2-13/h6-7,13-14H,2-5,12H2,1H3. The molecule has 0 amide bonds. The number of nitrogens with two attached hydrogens (primary N) is 1. The second-order valence-electron chi connectivity index (χ2n) is 3.30. The zero-order chi connectivity index (χ0) is 12.0. The van der Waals surface area contributed by atoms with Crippen molar-refractivity contribution in [1.29, 1.82) is 0 Å². The summed E-state index contributed by atoms with van der Waals surface area (Å²) in [6, 6.07) is 3.40. The Morgan fingerprint density at radius 1 is 1.06 bits per heavy atom. The average molecular weight is 227 g/mol. The van der Waals surface area contributed by atoms with E-state index in [2.05, 4.69) is 0 Å². The van der Waals surface area contributed by atoms with Crippen LogP contribution in [-0.4, -0.2) is 36.6 Å². The number of ether oxygens (including phenoxy) is 2. The van der Waals surface area contributed by atoms with Gasteiger partial charge in [0.15, 0.2) is 0 Å². The van der Waals surface area contributed by atoms with Crippen molar-refractivity contribution in [2.45, 2.75) is 6.92 Å². The first-order chi connectivity index (χ1) is 7.69. The van der Waals surface area contributed by atoms with Crippen molar-refractivity contribution < 1.29 is 19.7 Å². The van der Waals surface area contributed by atoms with E-state index in [1.807, 2.05) is 6.92 Å². The number of aliphatic hydroxyl groups excluding tert-OH is 2. The summed E-state index contributed by atoms with van der Waals surface area (Å²) in [6.07, 6.45) is 0. The molecular weight excluding hydrogens is 210 g/mol. The van der Waals surface area contributed by atoms with Crippen molar-refractivity contribution >= 4 is 5.69 Å². The Bertz CT molecular complexity index is 312. The lowest BCUT2D eigenvalue weighted by Gasteiger charge is -2.13. The summed E-state index contributed by atoms with van der Waals surface area (Å²) in [7, 11) is 0. The number of hydrogen-bond donors (Lipinski definition) is 3. The molecule has 0 heterocycles. The molecule has 0 aliphatic carbocycles. The van der Waals surface area contributed by atoms with Crippen molar-refractivity contribution in [3.8, 4) is 11.5 Å². The van der Waals surface area contributed by atoms with Gasteiger partial charge in [-0.15, -0.1) is 0 Å². The molecule has 0 spiro atoms. The van der Waals surface area contributed by atoms with E-state index in [9.17, 15) is 0 Å². The maximum absolute atomic E-state index is 8.67. The van der Waals surface area contributed by atoms with Gasteiger partial charge in [-0.2, -0.15) is 0 Å². The van der Waals surface area contributed by atoms with Crippen LogP contribution in [0.2, 0.25) is 0 Å². The molecule has 0 radical (unpaired) electrons. The summed E-state index contributed by atoms with van der Waals surface area (Å²) in [5.41, 5.74) is 7.13. The zero-order valence-electron chi connectivity index (χ0n) is 9.27. The van der Waals surface area contributed by atoms with Crippen molar-refractivity contribution in [2.75, 3.05) is 32.2 Å². The lowest BCUT2D eigenvalue weighted by molar-refractivity contribution is 0.194. The fourth-order valence-electron chi connectivity index (χ4n) is 1.28. The summed E-state index contributed by atoms with van der Waals surface area (Å²) in [5, 5.41) is 17.3. The molecule has 90 valence electrons. The fourth-order valence-corrected chi connectivity index (χ4v) is 1.28. The van der Waals surface area contributed by atoms with E-state index in [4.69, 9.17) is 25.4 Å². The molecule has 5 heteroatoms. The van der Waals surface area contributed by atoms with E-state index < -0.39 is 0 Å². The molecule has 0 aromatic heterocycles. The van der Waals surface area contributed by atoms with Crippen LogP contribution in [-0.2, 0) is 0 Å². The second-order valence-corrected chi connectivity index (χ2v) is 3.30. The molecular formula is C11H17NO4. The van der Waals surface area contributed by atoms with Crippen LogP contribution < -0.4 is 15.2 Å². The van der Waals surface area contributed by atoms with Crippen LogP contribution >= 0.6 is 0 Å². The van der Waals surface area contributed by atoms with Gasteiger partial charge >= 0.3 is 0 Å². The molecule has 1 rings (SSSR count). The summed E-state index contributed by atoms with van der Waals surface area (Å²) in [6.45, 7) is 2.16. The second kappa shape index (κ2) is 6.19. The third-order valence-electron chi connectivity index (χ3n) is 2.01. The van der Waals surface area contributed by atoms with E-state index in [0.717, 1.165) is 5.56 Å². The topological polar surface area (TPSA) is 84.9 Å². The number of aryl methyl sites for hydroxylation is 1. The van der Waals surface area contributed by atoms with Gasteiger partial charge < -0.3 is 25.4 Å². The number of rotatable bonds is 6. The Hall–Kier alpha value is -1.46. The Labute approximate surface area is 94.4 Å². The predicted octanol–water partition coefficient (Wildman–Crippen LogP) is 0.319. The van der Waals surface area contributed by atoms with Gasteiger partial charge in [-0.25, -0.2) is 0 Å². The van der Waals surface area contributed by atoms with Crippen LogP contribution in [0.3, 0.4) is 0 Å². The maximum atomic E-state index is 8.67. The first kappa shape index (κ1) is 12.6. The third-order valence-corrected chi connectivity index (χ3v) is 2.01. The quantitative estimate of drug-likeness (QED) is 0.609. The highest BCUT2D eigenvalue weighted by Crippen LogP contribution is 2.30. The molecule has 1 aromatic carbocycles. The Morgan fingerprint density at radius 2 is 1.62 bits per heavy atom. The smallest absolute Gasteiger partial charge is 0.146 e. The summed E-state index contributed by atoms with van der Waals surface area (Å²) >= 11 is 0. The highest BCUT2D eigenvalue weighted by atomic mass is 16.5. The molecule has 0 unspecified atom stereocenters. The molecule has 0 atom stereocenters. The Balaban J connectivity index is 2.83. The maximum Gasteiger partial charge on any atom is 0.146 e. The van der Waals surface area contributed by atoms with Crippen LogP contribution in [0.15, 0.2) is 12.1 Å². The molecule has 4 N–H and O–H groups in total. The number of nitrogen functional groups attached to an aromatic ring is 1. The van der Waals surface area contributed by atoms with Crippen LogP contribution in [0, 0.1) is 6.92 Å². The minimum absolute atomic E-state index is 0.0450. The van der Waals surface area contributed by atoms with Gasteiger partial charge in [-0.3, -0.25) is 0 Å². The Kier molecular flexibility index (Phi) is 4.88. The first-order valence-electron chi connectivity index (χ1n) is 5.06. The highest BCUT2D eigenvalue weighted by Gasteiger charge is 2.07. The van der Waals surface area contributed by atoms with Crippen molar-refractivity contribution in [3.63, 3.8) is 0 Å². The number of hydrogen-bond acceptors (Lipinski definition) is 5. The summed E-state index contributed by atoms with van der Waals surface area (Å²) in [4.78, 5) is 0. The van der Waals surface area contributed by atoms with Crippen LogP contribution in [0.4, 0.5) is 5.69 Å². The molecule has 0 aliphatic rings. The average Bonchev–Trinajstić information content (AvgIpc) is 2.26. The van der Waals surface area contributed by atoms with Crippen molar-refractivity contribution in [1.82, 2.24) is 0 Å². The van der Waals surface area contributed by atoms with E-state index in [0.29, 0.717) is 17.2 Å². The van der Waals surface area contributed by atoms with Crippen molar-refractivity contribution in [2.24, 2.45) is 0 Å². The molecule has 0 fully saturated rings. The molecule has 1 aromatic rings. The first-order valence-corrected chi connectivity index (χ1v) is 5.06. The van der Waals surface area contributed by atoms with E-state index >= 15 is 0 Å². The van der Waals surface area contributed by atoms with Gasteiger partial charge in [0.2, 0.25) is 0 Å². The van der Waals surface area contributed by atoms with Gasteiger partial charge in [-0.05, 0) is 18.6 Å². The SMILES string of the molecule is Cc1cc(N)c(OCCO)cc1OCCO. The number of benzene rings is 1. The minimum Gasteiger partial charge on any atom is -0.491 e. The van der Waals surface area contributed by atoms with E-state index in [1.165, 1.54) is 0 Å². The molecule has 0 bridgehead atoms.